The fraction of sp³-hybridized carbons (Fsp3) is 0.476. The number of nitrogens with zero attached hydrogens (tertiary/aromatic N) is 1. The first-order valence-corrected chi connectivity index (χ1v) is 12.3. The molecule has 2 heterocycles. The van der Waals surface area contributed by atoms with Gasteiger partial charge in [-0.05, 0) is 54.8 Å². The zero-order valence-electron chi connectivity index (χ0n) is 16.1. The molecule has 1 N–H and O–H groups in total. The lowest BCUT2D eigenvalue weighted by Crippen LogP contribution is -2.31. The summed E-state index contributed by atoms with van der Waals surface area (Å²) < 4.78 is 27.2. The third-order valence-corrected chi connectivity index (χ3v) is 7.89. The van der Waals surface area contributed by atoms with Gasteiger partial charge in [0.05, 0.1) is 4.90 Å². The Balaban J connectivity index is 1.47. The molecule has 3 rings (SSSR count). The molecule has 1 amide bonds. The third kappa shape index (κ3) is 5.90. The van der Waals surface area contributed by atoms with Crippen molar-refractivity contribution in [3.63, 3.8) is 0 Å². The Morgan fingerprint density at radius 2 is 1.71 bits per heavy atom. The van der Waals surface area contributed by atoms with Crippen LogP contribution in [0.2, 0.25) is 0 Å². The van der Waals surface area contributed by atoms with E-state index in [1.165, 1.54) is 4.88 Å². The maximum atomic E-state index is 12.8. The summed E-state index contributed by atoms with van der Waals surface area (Å²) in [5.41, 5.74) is 0.975. The fourth-order valence-corrected chi connectivity index (χ4v) is 5.61. The van der Waals surface area contributed by atoms with Crippen molar-refractivity contribution in [3.8, 4) is 0 Å². The fourth-order valence-electron chi connectivity index (χ4n) is 3.39. The van der Waals surface area contributed by atoms with E-state index in [1.54, 1.807) is 27.8 Å². The predicted molar refractivity (Wildman–Crippen MR) is 113 cm³/mol. The molecule has 2 aromatic rings. The van der Waals surface area contributed by atoms with Crippen LogP contribution in [0.4, 0.5) is 0 Å². The number of hydrogen-bond acceptors (Lipinski definition) is 4. The maximum absolute atomic E-state index is 12.8. The van der Waals surface area contributed by atoms with Gasteiger partial charge in [0.1, 0.15) is 0 Å². The van der Waals surface area contributed by atoms with E-state index in [1.807, 2.05) is 23.6 Å². The van der Waals surface area contributed by atoms with Gasteiger partial charge in [-0.2, -0.15) is 4.31 Å². The highest BCUT2D eigenvalue weighted by atomic mass is 32.2. The number of benzene rings is 1. The first-order chi connectivity index (χ1) is 13.6. The summed E-state index contributed by atoms with van der Waals surface area (Å²) in [5.74, 6) is 0.0258. The van der Waals surface area contributed by atoms with Crippen LogP contribution >= 0.6 is 11.3 Å². The Hall–Kier alpha value is -1.70. The number of carbonyl (C=O) groups excluding carboxylic acids is 1. The number of rotatable bonds is 8. The van der Waals surface area contributed by atoms with Crippen LogP contribution in [-0.2, 0) is 27.7 Å². The minimum absolute atomic E-state index is 0.0258. The van der Waals surface area contributed by atoms with Crippen LogP contribution in [0, 0.1) is 0 Å². The smallest absolute Gasteiger partial charge is 0.243 e. The van der Waals surface area contributed by atoms with Gasteiger partial charge >= 0.3 is 0 Å². The number of sulfonamides is 1. The molecule has 0 aliphatic carbocycles. The third-order valence-electron chi connectivity index (χ3n) is 5.04. The summed E-state index contributed by atoms with van der Waals surface area (Å²) in [7, 11) is -3.41. The number of amides is 1. The molecular weight excluding hydrogens is 392 g/mol. The lowest BCUT2D eigenvalue weighted by molar-refractivity contribution is -0.121. The van der Waals surface area contributed by atoms with Gasteiger partial charge in [-0.15, -0.1) is 11.3 Å². The summed E-state index contributed by atoms with van der Waals surface area (Å²) in [6.07, 6.45) is 5.92. The van der Waals surface area contributed by atoms with Gasteiger partial charge in [-0.3, -0.25) is 4.79 Å². The van der Waals surface area contributed by atoms with Crippen molar-refractivity contribution in [1.82, 2.24) is 9.62 Å². The highest BCUT2D eigenvalue weighted by Gasteiger charge is 2.24. The van der Waals surface area contributed by atoms with E-state index in [4.69, 9.17) is 0 Å². The molecule has 0 spiro atoms. The normalized spacial score (nSPS) is 15.9. The standard InChI is InChI=1S/C21H28N2O3S2/c24-21(22-14-13-19-6-5-17-27-19)12-9-18-7-10-20(11-8-18)28(25,26)23-15-3-1-2-4-16-23/h5-8,10-11,17H,1-4,9,12-16H2,(H,22,24). The molecule has 0 atom stereocenters. The second-order valence-electron chi connectivity index (χ2n) is 7.14. The van der Waals surface area contributed by atoms with Crippen molar-refractivity contribution < 1.29 is 13.2 Å². The Morgan fingerprint density at radius 1 is 1.00 bits per heavy atom. The highest BCUT2D eigenvalue weighted by Crippen LogP contribution is 2.21. The minimum atomic E-state index is -3.41. The maximum Gasteiger partial charge on any atom is 0.243 e. The number of carbonyl (C=O) groups is 1. The summed E-state index contributed by atoms with van der Waals surface area (Å²) in [4.78, 5) is 13.6. The second kappa shape index (κ2) is 10.2. The lowest BCUT2D eigenvalue weighted by atomic mass is 10.1. The zero-order valence-corrected chi connectivity index (χ0v) is 17.7. The van der Waals surface area contributed by atoms with E-state index < -0.39 is 10.0 Å². The van der Waals surface area contributed by atoms with Crippen molar-refractivity contribution in [1.29, 1.82) is 0 Å². The number of hydrogen-bond donors (Lipinski definition) is 1. The Kier molecular flexibility index (Phi) is 7.65. The van der Waals surface area contributed by atoms with Crippen molar-refractivity contribution >= 4 is 27.3 Å². The second-order valence-corrected chi connectivity index (χ2v) is 10.1. The first kappa shape index (κ1) is 21.0. The topological polar surface area (TPSA) is 66.5 Å². The zero-order chi connectivity index (χ0) is 19.8. The summed E-state index contributed by atoms with van der Waals surface area (Å²) in [6, 6.07) is 11.1. The van der Waals surface area contributed by atoms with Gasteiger partial charge in [0.15, 0.2) is 0 Å². The van der Waals surface area contributed by atoms with E-state index >= 15 is 0 Å². The molecule has 7 heteroatoms. The molecule has 1 fully saturated rings. The molecule has 0 saturated carbocycles. The predicted octanol–water partition coefficient (Wildman–Crippen LogP) is 3.60. The Morgan fingerprint density at radius 3 is 2.36 bits per heavy atom. The van der Waals surface area contributed by atoms with Crippen LogP contribution in [0.25, 0.3) is 0 Å². The van der Waals surface area contributed by atoms with Crippen LogP contribution in [0.5, 0.6) is 0 Å². The van der Waals surface area contributed by atoms with Crippen LogP contribution in [0.15, 0.2) is 46.7 Å². The van der Waals surface area contributed by atoms with E-state index in [0.29, 0.717) is 37.4 Å². The first-order valence-electron chi connectivity index (χ1n) is 9.94. The quantitative estimate of drug-likeness (QED) is 0.709. The van der Waals surface area contributed by atoms with Crippen molar-refractivity contribution in [3.05, 3.63) is 52.2 Å². The molecule has 1 saturated heterocycles. The van der Waals surface area contributed by atoms with E-state index in [-0.39, 0.29) is 5.91 Å². The van der Waals surface area contributed by atoms with E-state index in [2.05, 4.69) is 11.4 Å². The average molecular weight is 421 g/mol. The SMILES string of the molecule is O=C(CCc1ccc(S(=O)(=O)N2CCCCCC2)cc1)NCCc1cccs1. The summed E-state index contributed by atoms with van der Waals surface area (Å²) in [6.45, 7) is 1.86. The van der Waals surface area contributed by atoms with Gasteiger partial charge < -0.3 is 5.32 Å². The molecule has 1 aliphatic rings. The van der Waals surface area contributed by atoms with Crippen molar-refractivity contribution in [2.24, 2.45) is 0 Å². The lowest BCUT2D eigenvalue weighted by Gasteiger charge is -2.20. The van der Waals surface area contributed by atoms with Crippen molar-refractivity contribution in [2.75, 3.05) is 19.6 Å². The highest BCUT2D eigenvalue weighted by molar-refractivity contribution is 7.89. The monoisotopic (exact) mass is 420 g/mol. The summed E-state index contributed by atoms with van der Waals surface area (Å²) >= 11 is 1.70. The molecule has 0 radical (unpaired) electrons. The number of thiophene rings is 1. The van der Waals surface area contributed by atoms with Crippen LogP contribution < -0.4 is 5.32 Å². The van der Waals surface area contributed by atoms with Gasteiger partial charge in [0.2, 0.25) is 15.9 Å². The Labute approximate surface area is 171 Å². The molecule has 1 aliphatic heterocycles. The summed E-state index contributed by atoms with van der Waals surface area (Å²) in [5, 5.41) is 4.98. The molecular formula is C21H28N2O3S2. The van der Waals surface area contributed by atoms with Crippen LogP contribution in [0.3, 0.4) is 0 Å². The van der Waals surface area contributed by atoms with Gasteiger partial charge in [0, 0.05) is 30.9 Å². The minimum Gasteiger partial charge on any atom is -0.356 e. The van der Waals surface area contributed by atoms with E-state index in [9.17, 15) is 13.2 Å². The van der Waals surface area contributed by atoms with Crippen LogP contribution in [-0.4, -0.2) is 38.3 Å². The van der Waals surface area contributed by atoms with Crippen molar-refractivity contribution in [2.45, 2.75) is 49.8 Å². The van der Waals surface area contributed by atoms with Gasteiger partial charge in [0.25, 0.3) is 0 Å². The molecule has 1 aromatic heterocycles. The molecule has 5 nitrogen and oxygen atoms in total. The molecule has 1 aromatic carbocycles. The average Bonchev–Trinajstić information content (AvgIpc) is 3.05. The Bertz CT molecular complexity index is 838. The van der Waals surface area contributed by atoms with Crippen LogP contribution in [0.1, 0.15) is 42.5 Å². The van der Waals surface area contributed by atoms with Gasteiger partial charge in [-0.25, -0.2) is 8.42 Å². The molecule has 152 valence electrons. The number of nitrogens with one attached hydrogen (secondary N) is 1. The largest absolute Gasteiger partial charge is 0.356 e. The van der Waals surface area contributed by atoms with E-state index in [0.717, 1.165) is 37.7 Å². The number of aryl methyl sites for hydroxylation is 1. The molecule has 0 bridgehead atoms. The molecule has 28 heavy (non-hydrogen) atoms. The molecule has 0 unspecified atom stereocenters. The van der Waals surface area contributed by atoms with Gasteiger partial charge in [-0.1, -0.05) is 31.0 Å².